The quantitative estimate of drug-likeness (QED) is 0.840. The lowest BCUT2D eigenvalue weighted by Crippen LogP contribution is -2.32. The molecule has 1 aliphatic heterocycles. The maximum Gasteiger partial charge on any atom is 0.421 e. The smallest absolute Gasteiger partial charge is 0.363 e. The topological polar surface area (TPSA) is 73.3 Å². The van der Waals surface area contributed by atoms with E-state index in [0.29, 0.717) is 18.7 Å². The molecule has 0 aliphatic carbocycles. The first-order valence-corrected chi connectivity index (χ1v) is 9.01. The van der Waals surface area contributed by atoms with Crippen molar-refractivity contribution in [2.45, 2.75) is 51.3 Å². The monoisotopic (exact) mass is 398 g/mol. The molecule has 0 radical (unpaired) electrons. The van der Waals surface area contributed by atoms with Gasteiger partial charge in [-0.15, -0.1) is 0 Å². The van der Waals surface area contributed by atoms with Crippen molar-refractivity contribution >= 4 is 0 Å². The Labute approximate surface area is 158 Å². The van der Waals surface area contributed by atoms with Crippen molar-refractivity contribution in [2.75, 3.05) is 6.61 Å². The third kappa shape index (κ3) is 4.36. The number of halogens is 3. The van der Waals surface area contributed by atoms with Crippen LogP contribution < -0.4 is 11.0 Å². The summed E-state index contributed by atoms with van der Waals surface area (Å²) in [5.41, 5.74) is -2.17. The van der Waals surface area contributed by atoms with E-state index in [-0.39, 0.29) is 17.6 Å². The van der Waals surface area contributed by atoms with E-state index in [9.17, 15) is 22.8 Å². The van der Waals surface area contributed by atoms with Gasteiger partial charge in [0.15, 0.2) is 11.7 Å². The number of aromatic nitrogens is 2. The molecule has 2 aromatic rings. The van der Waals surface area contributed by atoms with Crippen LogP contribution in [-0.2, 0) is 22.3 Å². The number of pyridine rings is 2. The summed E-state index contributed by atoms with van der Waals surface area (Å²) in [6.07, 6.45) is 0.102. The summed E-state index contributed by atoms with van der Waals surface area (Å²) in [7, 11) is 0. The summed E-state index contributed by atoms with van der Waals surface area (Å²) in [5.74, 6) is 0. The van der Waals surface area contributed by atoms with E-state index >= 15 is 0 Å². The molecular weight excluding hydrogens is 377 g/mol. The van der Waals surface area contributed by atoms with Crippen molar-refractivity contribution in [3.8, 4) is 0 Å². The Morgan fingerprint density at radius 3 is 2.79 bits per heavy atom. The minimum absolute atomic E-state index is 0.0613. The van der Waals surface area contributed by atoms with Crippen LogP contribution in [0.15, 0.2) is 40.2 Å². The molecule has 2 aromatic heterocycles. The lowest BCUT2D eigenvalue weighted by atomic mass is 10.1. The summed E-state index contributed by atoms with van der Waals surface area (Å²) in [6, 6.07) is 2.39. The van der Waals surface area contributed by atoms with Gasteiger partial charge in [0, 0.05) is 36.3 Å². The molecule has 1 N–H and O–H groups in total. The third-order valence-corrected chi connectivity index (χ3v) is 4.76. The van der Waals surface area contributed by atoms with Gasteiger partial charge >= 0.3 is 6.18 Å². The Kier molecular flexibility index (Phi) is 6.04. The van der Waals surface area contributed by atoms with Crippen molar-refractivity contribution in [1.82, 2.24) is 9.55 Å². The number of ether oxygens (including phenoxy) is 2. The number of alkyl halides is 3. The summed E-state index contributed by atoms with van der Waals surface area (Å²) in [4.78, 5) is 27.6. The molecule has 0 bridgehead atoms. The molecule has 2 unspecified atom stereocenters. The van der Waals surface area contributed by atoms with Gasteiger partial charge in [0.1, 0.15) is 5.56 Å². The largest absolute Gasteiger partial charge is 0.421 e. The fourth-order valence-corrected chi connectivity index (χ4v) is 3.24. The van der Waals surface area contributed by atoms with E-state index in [1.165, 1.54) is 18.5 Å². The second-order valence-electron chi connectivity index (χ2n) is 6.65. The van der Waals surface area contributed by atoms with E-state index in [1.54, 1.807) is 6.92 Å². The maximum atomic E-state index is 13.1. The minimum Gasteiger partial charge on any atom is -0.363 e. The average molecular weight is 398 g/mol. The van der Waals surface area contributed by atoms with Crippen LogP contribution in [0.5, 0.6) is 0 Å². The van der Waals surface area contributed by atoms with Gasteiger partial charge in [-0.05, 0) is 38.3 Å². The van der Waals surface area contributed by atoms with Gasteiger partial charge in [-0.25, -0.2) is 0 Å². The van der Waals surface area contributed by atoms with Crippen LogP contribution in [0.3, 0.4) is 0 Å². The SMILES string of the molecule is CC(c1[nH]ccc(=O)c1COC1CCCCO1)n1cccc(C(F)(F)F)c1=O. The molecule has 1 aliphatic rings. The van der Waals surface area contributed by atoms with E-state index in [2.05, 4.69) is 4.98 Å². The second-order valence-corrected chi connectivity index (χ2v) is 6.65. The lowest BCUT2D eigenvalue weighted by molar-refractivity contribution is -0.169. The Morgan fingerprint density at radius 1 is 1.32 bits per heavy atom. The summed E-state index contributed by atoms with van der Waals surface area (Å²) >= 11 is 0. The zero-order valence-electron chi connectivity index (χ0n) is 15.3. The number of hydrogen-bond donors (Lipinski definition) is 1. The average Bonchev–Trinajstić information content (AvgIpc) is 2.66. The van der Waals surface area contributed by atoms with E-state index in [4.69, 9.17) is 9.47 Å². The first-order chi connectivity index (χ1) is 13.3. The molecule has 0 amide bonds. The molecule has 0 aromatic carbocycles. The zero-order valence-corrected chi connectivity index (χ0v) is 15.3. The highest BCUT2D eigenvalue weighted by atomic mass is 19.4. The Morgan fingerprint density at radius 2 is 2.11 bits per heavy atom. The van der Waals surface area contributed by atoms with Gasteiger partial charge in [-0.1, -0.05) is 0 Å². The van der Waals surface area contributed by atoms with Crippen molar-refractivity contribution in [3.05, 3.63) is 68.0 Å². The van der Waals surface area contributed by atoms with Gasteiger partial charge in [0.05, 0.1) is 12.6 Å². The number of nitrogens with zero attached hydrogens (tertiary/aromatic N) is 1. The highest BCUT2D eigenvalue weighted by molar-refractivity contribution is 5.24. The normalized spacial score (nSPS) is 18.8. The number of rotatable bonds is 5. The van der Waals surface area contributed by atoms with Gasteiger partial charge in [0.2, 0.25) is 0 Å². The molecule has 1 fully saturated rings. The van der Waals surface area contributed by atoms with Crippen molar-refractivity contribution in [2.24, 2.45) is 0 Å². The molecule has 1 saturated heterocycles. The summed E-state index contributed by atoms with van der Waals surface area (Å²) in [6.45, 7) is 2.07. The fraction of sp³-hybridized carbons (Fsp3) is 0.474. The van der Waals surface area contributed by atoms with E-state index in [0.717, 1.165) is 29.5 Å². The fourth-order valence-electron chi connectivity index (χ4n) is 3.24. The predicted octanol–water partition coefficient (Wildman–Crippen LogP) is 3.21. The summed E-state index contributed by atoms with van der Waals surface area (Å²) in [5, 5.41) is 0. The molecular formula is C19H21F3N2O4. The van der Waals surface area contributed by atoms with E-state index in [1.807, 2.05) is 0 Å². The van der Waals surface area contributed by atoms with Crippen LogP contribution in [0.2, 0.25) is 0 Å². The van der Waals surface area contributed by atoms with Crippen molar-refractivity contribution < 1.29 is 22.6 Å². The Hall–Kier alpha value is -2.39. The van der Waals surface area contributed by atoms with Gasteiger partial charge < -0.3 is 19.0 Å². The number of aromatic amines is 1. The molecule has 3 rings (SSSR count). The van der Waals surface area contributed by atoms with E-state index < -0.39 is 29.6 Å². The number of H-pyrrole nitrogens is 1. The molecule has 0 saturated carbocycles. The first kappa shape index (κ1) is 20.3. The first-order valence-electron chi connectivity index (χ1n) is 9.01. The van der Waals surface area contributed by atoms with Crippen molar-refractivity contribution in [1.29, 1.82) is 0 Å². The number of nitrogens with one attached hydrogen (secondary N) is 1. The van der Waals surface area contributed by atoms with Crippen LogP contribution >= 0.6 is 0 Å². The van der Waals surface area contributed by atoms with Crippen LogP contribution in [0.1, 0.15) is 49.0 Å². The van der Waals surface area contributed by atoms with Gasteiger partial charge in [-0.3, -0.25) is 9.59 Å². The zero-order chi connectivity index (χ0) is 20.3. The summed E-state index contributed by atoms with van der Waals surface area (Å²) < 4.78 is 51.3. The highest BCUT2D eigenvalue weighted by Gasteiger charge is 2.35. The van der Waals surface area contributed by atoms with Crippen LogP contribution in [0.4, 0.5) is 13.2 Å². The molecule has 0 spiro atoms. The van der Waals surface area contributed by atoms with Gasteiger partial charge in [0.25, 0.3) is 5.56 Å². The molecule has 152 valence electrons. The Balaban J connectivity index is 1.92. The van der Waals surface area contributed by atoms with Crippen LogP contribution in [-0.4, -0.2) is 22.4 Å². The third-order valence-electron chi connectivity index (χ3n) is 4.76. The number of hydrogen-bond acceptors (Lipinski definition) is 4. The lowest BCUT2D eigenvalue weighted by Gasteiger charge is -2.24. The van der Waals surface area contributed by atoms with Gasteiger partial charge in [-0.2, -0.15) is 13.2 Å². The molecule has 28 heavy (non-hydrogen) atoms. The highest BCUT2D eigenvalue weighted by Crippen LogP contribution is 2.27. The predicted molar refractivity (Wildman–Crippen MR) is 95.0 cm³/mol. The Bertz CT molecular complexity index is 930. The minimum atomic E-state index is -4.76. The second kappa shape index (κ2) is 8.32. The van der Waals surface area contributed by atoms with Crippen LogP contribution in [0.25, 0.3) is 0 Å². The molecule has 6 nitrogen and oxygen atoms in total. The maximum absolute atomic E-state index is 13.1. The molecule has 2 atom stereocenters. The van der Waals surface area contributed by atoms with Crippen LogP contribution in [0, 0.1) is 0 Å². The van der Waals surface area contributed by atoms with Crippen molar-refractivity contribution in [3.63, 3.8) is 0 Å². The standard InChI is InChI=1S/C19H21F3N2O4/c1-12(24-9-4-5-14(18(24)26)19(20,21)22)17-13(15(25)7-8-23-17)11-28-16-6-2-3-10-27-16/h4-5,7-9,12,16H,2-3,6,10-11H2,1H3,(H,23,25). The molecule has 9 heteroatoms. The molecule has 3 heterocycles.